The predicted octanol–water partition coefficient (Wildman–Crippen LogP) is 2.82. The maximum absolute atomic E-state index is 6.09. The van der Waals surface area contributed by atoms with Gasteiger partial charge >= 0.3 is 0 Å². The average Bonchev–Trinajstić information content (AvgIpc) is 3.06. The molecular weight excluding hydrogens is 326 g/mol. The van der Waals surface area contributed by atoms with Gasteiger partial charge in [0.15, 0.2) is 5.96 Å². The highest BCUT2D eigenvalue weighted by atomic mass is 16.5. The molecule has 2 heterocycles. The van der Waals surface area contributed by atoms with Gasteiger partial charge in [0.25, 0.3) is 0 Å². The molecule has 2 aliphatic heterocycles. The van der Waals surface area contributed by atoms with Crippen LogP contribution >= 0.6 is 0 Å². The second-order valence-corrected chi connectivity index (χ2v) is 6.93. The maximum atomic E-state index is 6.09. The molecule has 26 heavy (non-hydrogen) atoms. The summed E-state index contributed by atoms with van der Waals surface area (Å²) in [5.41, 5.74) is 11.0. The van der Waals surface area contributed by atoms with Gasteiger partial charge in [-0.15, -0.1) is 0 Å². The van der Waals surface area contributed by atoms with Crippen molar-refractivity contribution in [2.75, 3.05) is 26.3 Å². The molecule has 2 N–H and O–H groups in total. The van der Waals surface area contributed by atoms with E-state index in [1.165, 1.54) is 16.7 Å². The van der Waals surface area contributed by atoms with Gasteiger partial charge in [-0.05, 0) is 41.3 Å². The van der Waals surface area contributed by atoms with Gasteiger partial charge in [0, 0.05) is 19.5 Å². The molecule has 0 spiro atoms. The quantitative estimate of drug-likeness (QED) is 0.682. The van der Waals surface area contributed by atoms with Crippen molar-refractivity contribution in [1.82, 2.24) is 4.90 Å². The molecule has 136 valence electrons. The summed E-state index contributed by atoms with van der Waals surface area (Å²) in [5, 5.41) is 0. The number of aliphatic imine (C=N–C) groups is 1. The molecule has 1 unspecified atom stereocenters. The Morgan fingerprint density at radius 3 is 2.62 bits per heavy atom. The van der Waals surface area contributed by atoms with Crippen molar-refractivity contribution in [3.63, 3.8) is 0 Å². The van der Waals surface area contributed by atoms with Gasteiger partial charge in [-0.2, -0.15) is 0 Å². The van der Waals surface area contributed by atoms with Crippen molar-refractivity contribution in [2.24, 2.45) is 10.7 Å². The largest absolute Gasteiger partial charge is 0.490 e. The number of hydrogen-bond acceptors (Lipinski definition) is 3. The van der Waals surface area contributed by atoms with Crippen molar-refractivity contribution in [3.8, 4) is 16.9 Å². The lowest BCUT2D eigenvalue weighted by molar-refractivity contribution is 0.0674. The summed E-state index contributed by atoms with van der Waals surface area (Å²) in [6.07, 6.45) is 1.26. The molecule has 0 bridgehead atoms. The Labute approximate surface area is 154 Å². The van der Waals surface area contributed by atoms with Crippen LogP contribution in [0.3, 0.4) is 0 Å². The zero-order chi connectivity index (χ0) is 17.9. The Bertz CT molecular complexity index is 795. The van der Waals surface area contributed by atoms with Crippen molar-refractivity contribution < 1.29 is 9.47 Å². The van der Waals surface area contributed by atoms with E-state index in [9.17, 15) is 0 Å². The second kappa shape index (κ2) is 7.38. The molecule has 1 saturated heterocycles. The van der Waals surface area contributed by atoms with E-state index in [4.69, 9.17) is 15.2 Å². The minimum absolute atomic E-state index is 0.275. The summed E-state index contributed by atoms with van der Waals surface area (Å²) in [5.74, 6) is 1.62. The summed E-state index contributed by atoms with van der Waals surface area (Å²) >= 11 is 0. The number of fused-ring (bicyclic) bond motifs is 1. The third kappa shape index (κ3) is 3.68. The Morgan fingerprint density at radius 1 is 1.12 bits per heavy atom. The van der Waals surface area contributed by atoms with Crippen molar-refractivity contribution in [1.29, 1.82) is 0 Å². The van der Waals surface area contributed by atoms with Crippen LogP contribution in [-0.4, -0.2) is 43.3 Å². The summed E-state index contributed by atoms with van der Waals surface area (Å²) in [6.45, 7) is 5.77. The van der Waals surface area contributed by atoms with Crippen LogP contribution in [0.5, 0.6) is 5.75 Å². The van der Waals surface area contributed by atoms with Gasteiger partial charge in [0.05, 0.1) is 19.8 Å². The number of nitrogens with zero attached hydrogens (tertiary/aromatic N) is 2. The van der Waals surface area contributed by atoms with E-state index in [0.29, 0.717) is 12.5 Å². The average molecular weight is 351 g/mol. The van der Waals surface area contributed by atoms with Gasteiger partial charge in [-0.1, -0.05) is 30.3 Å². The molecule has 0 saturated carbocycles. The SMILES string of the molecule is CC1Cc2cc(-c3ccc(CN=C(N)N4CCOCC4)cc3)ccc2O1. The smallest absolute Gasteiger partial charge is 0.191 e. The van der Waals surface area contributed by atoms with E-state index in [1.807, 2.05) is 0 Å². The molecule has 2 aliphatic rings. The maximum Gasteiger partial charge on any atom is 0.191 e. The first-order valence-electron chi connectivity index (χ1n) is 9.20. The molecule has 4 rings (SSSR count). The zero-order valence-electron chi connectivity index (χ0n) is 15.1. The van der Waals surface area contributed by atoms with E-state index < -0.39 is 0 Å². The van der Waals surface area contributed by atoms with Crippen LogP contribution < -0.4 is 10.5 Å². The molecule has 5 heteroatoms. The van der Waals surface area contributed by atoms with E-state index >= 15 is 0 Å². The summed E-state index contributed by atoms with van der Waals surface area (Å²) < 4.78 is 11.1. The lowest BCUT2D eigenvalue weighted by atomic mass is 10.00. The molecular formula is C21H25N3O2. The van der Waals surface area contributed by atoms with Gasteiger partial charge in [0.2, 0.25) is 0 Å². The third-order valence-corrected chi connectivity index (χ3v) is 4.94. The second-order valence-electron chi connectivity index (χ2n) is 6.93. The Morgan fingerprint density at radius 2 is 1.85 bits per heavy atom. The number of morpholine rings is 1. The summed E-state index contributed by atoms with van der Waals surface area (Å²) in [4.78, 5) is 6.60. The Hall–Kier alpha value is -2.53. The molecule has 2 aromatic carbocycles. The van der Waals surface area contributed by atoms with Crippen LogP contribution in [-0.2, 0) is 17.7 Å². The first kappa shape index (κ1) is 16.9. The molecule has 5 nitrogen and oxygen atoms in total. The number of ether oxygens (including phenoxy) is 2. The normalized spacial score (nSPS) is 20.0. The minimum atomic E-state index is 0.275. The lowest BCUT2D eigenvalue weighted by Crippen LogP contribution is -2.44. The molecule has 2 aromatic rings. The van der Waals surface area contributed by atoms with Crippen LogP contribution in [0, 0.1) is 0 Å². The highest BCUT2D eigenvalue weighted by Crippen LogP contribution is 2.32. The predicted molar refractivity (Wildman–Crippen MR) is 103 cm³/mol. The van der Waals surface area contributed by atoms with Crippen LogP contribution in [0.25, 0.3) is 11.1 Å². The first-order valence-corrected chi connectivity index (χ1v) is 9.20. The van der Waals surface area contributed by atoms with Crippen molar-refractivity contribution in [2.45, 2.75) is 26.0 Å². The first-order chi connectivity index (χ1) is 12.7. The van der Waals surface area contributed by atoms with Gasteiger partial charge in [0.1, 0.15) is 11.9 Å². The molecule has 1 fully saturated rings. The summed E-state index contributed by atoms with van der Waals surface area (Å²) in [6, 6.07) is 15.0. The minimum Gasteiger partial charge on any atom is -0.490 e. The molecule has 1 atom stereocenters. The van der Waals surface area contributed by atoms with E-state index in [1.54, 1.807) is 0 Å². The Balaban J connectivity index is 1.43. The molecule has 0 aliphatic carbocycles. The van der Waals surface area contributed by atoms with Gasteiger partial charge < -0.3 is 20.1 Å². The number of benzene rings is 2. The number of nitrogens with two attached hydrogens (primary N) is 1. The molecule has 0 amide bonds. The summed E-state index contributed by atoms with van der Waals surface area (Å²) in [7, 11) is 0. The Kier molecular flexibility index (Phi) is 4.80. The lowest BCUT2D eigenvalue weighted by Gasteiger charge is -2.27. The number of guanidine groups is 1. The van der Waals surface area contributed by atoms with Crippen LogP contribution in [0.2, 0.25) is 0 Å². The molecule has 0 radical (unpaired) electrons. The monoisotopic (exact) mass is 351 g/mol. The zero-order valence-corrected chi connectivity index (χ0v) is 15.1. The van der Waals surface area contributed by atoms with Gasteiger partial charge in [-0.3, -0.25) is 0 Å². The van der Waals surface area contributed by atoms with Gasteiger partial charge in [-0.25, -0.2) is 4.99 Å². The number of rotatable bonds is 3. The van der Waals surface area contributed by atoms with Crippen molar-refractivity contribution in [3.05, 3.63) is 53.6 Å². The fourth-order valence-electron chi connectivity index (χ4n) is 3.47. The number of hydrogen-bond donors (Lipinski definition) is 1. The topological polar surface area (TPSA) is 60.1 Å². The molecule has 0 aromatic heterocycles. The van der Waals surface area contributed by atoms with E-state index in [-0.39, 0.29) is 6.10 Å². The standard InChI is InChI=1S/C21H25N3O2/c1-15-12-19-13-18(6-7-20(19)26-15)17-4-2-16(3-5-17)14-23-21(22)24-8-10-25-11-9-24/h2-7,13,15H,8-12,14H2,1H3,(H2,22,23). The van der Waals surface area contributed by atoms with Crippen LogP contribution in [0.1, 0.15) is 18.1 Å². The van der Waals surface area contributed by atoms with Crippen molar-refractivity contribution >= 4 is 5.96 Å². The fourth-order valence-corrected chi connectivity index (χ4v) is 3.47. The fraction of sp³-hybridized carbons (Fsp3) is 0.381. The highest BCUT2D eigenvalue weighted by Gasteiger charge is 2.19. The van der Waals surface area contributed by atoms with E-state index in [2.05, 4.69) is 59.3 Å². The third-order valence-electron chi connectivity index (χ3n) is 4.94. The highest BCUT2D eigenvalue weighted by molar-refractivity contribution is 5.78. The van der Waals surface area contributed by atoms with E-state index in [0.717, 1.165) is 44.0 Å². The van der Waals surface area contributed by atoms with Crippen LogP contribution in [0.4, 0.5) is 0 Å². The van der Waals surface area contributed by atoms with Crippen LogP contribution in [0.15, 0.2) is 47.5 Å².